The van der Waals surface area contributed by atoms with Gasteiger partial charge in [0.15, 0.2) is 12.1 Å². The van der Waals surface area contributed by atoms with Crippen molar-refractivity contribution >= 4 is 12.0 Å². The number of hydrogen-bond acceptors (Lipinski definition) is 6. The van der Waals surface area contributed by atoms with Gasteiger partial charge in [-0.25, -0.2) is 14.4 Å². The number of aldehydes is 1. The number of aromatic nitrogens is 2. The second-order valence-corrected chi connectivity index (χ2v) is 3.36. The summed E-state index contributed by atoms with van der Waals surface area (Å²) in [6, 6.07) is 3.01. The number of ether oxygens (including phenoxy) is 1. The molecule has 0 saturated carbocycles. The number of hydrogen-bond donors (Lipinski definition) is 0. The monoisotopic (exact) mass is 263 g/mol. The van der Waals surface area contributed by atoms with Gasteiger partial charge in [-0.2, -0.15) is 0 Å². The molecular formula is C11H6FN3O4. The summed E-state index contributed by atoms with van der Waals surface area (Å²) < 4.78 is 18.4. The van der Waals surface area contributed by atoms with Crippen LogP contribution in [0.1, 0.15) is 10.4 Å². The smallest absolute Gasteiger partial charge is 0.322 e. The van der Waals surface area contributed by atoms with E-state index < -0.39 is 22.2 Å². The number of nitro groups is 1. The van der Waals surface area contributed by atoms with E-state index >= 15 is 0 Å². The number of nitrogens with zero attached hydrogens (tertiary/aromatic N) is 3. The number of halogens is 1. The maximum Gasteiger partial charge on any atom is 0.322 e. The molecule has 2 rings (SSSR count). The summed E-state index contributed by atoms with van der Waals surface area (Å²) in [4.78, 5) is 27.6. The summed E-state index contributed by atoms with van der Waals surface area (Å²) in [5.74, 6) is -1.48. The van der Waals surface area contributed by atoms with Gasteiger partial charge >= 0.3 is 11.7 Å². The molecule has 2 aromatic rings. The number of rotatable bonds is 4. The van der Waals surface area contributed by atoms with E-state index in [1.165, 1.54) is 6.07 Å². The van der Waals surface area contributed by atoms with E-state index in [0.717, 1.165) is 24.5 Å². The summed E-state index contributed by atoms with van der Waals surface area (Å²) in [5.41, 5.74) is -0.335. The van der Waals surface area contributed by atoms with Crippen molar-refractivity contribution in [2.45, 2.75) is 0 Å². The third-order valence-electron chi connectivity index (χ3n) is 2.12. The van der Waals surface area contributed by atoms with Crippen LogP contribution in [-0.4, -0.2) is 21.2 Å². The Morgan fingerprint density at radius 2 is 2.00 bits per heavy atom. The van der Waals surface area contributed by atoms with Gasteiger partial charge in [0, 0.05) is 18.5 Å². The van der Waals surface area contributed by atoms with Crippen LogP contribution in [0.25, 0.3) is 0 Å². The van der Waals surface area contributed by atoms with Crippen LogP contribution in [-0.2, 0) is 0 Å². The van der Waals surface area contributed by atoms with E-state index in [0.29, 0.717) is 6.29 Å². The molecule has 0 spiro atoms. The summed E-state index contributed by atoms with van der Waals surface area (Å²) >= 11 is 0. The first-order valence-electron chi connectivity index (χ1n) is 5.00. The van der Waals surface area contributed by atoms with E-state index in [9.17, 15) is 19.3 Å². The molecule has 1 aromatic carbocycles. The van der Waals surface area contributed by atoms with Crippen LogP contribution in [0.5, 0.6) is 11.8 Å². The number of carbonyl (C=O) groups excluding carboxylic acids is 1. The molecular weight excluding hydrogens is 257 g/mol. The summed E-state index contributed by atoms with van der Waals surface area (Å²) in [6.45, 7) is 0. The van der Waals surface area contributed by atoms with Crippen molar-refractivity contribution in [2.75, 3.05) is 0 Å². The van der Waals surface area contributed by atoms with E-state index in [1.807, 2.05) is 0 Å². The summed E-state index contributed by atoms with van der Waals surface area (Å²) in [7, 11) is 0. The van der Waals surface area contributed by atoms with Crippen LogP contribution in [0.4, 0.5) is 10.1 Å². The molecule has 0 aliphatic heterocycles. The Morgan fingerprint density at radius 1 is 1.32 bits per heavy atom. The second-order valence-electron chi connectivity index (χ2n) is 3.36. The Labute approximate surface area is 105 Å². The molecule has 0 bridgehead atoms. The molecule has 0 unspecified atom stereocenters. The van der Waals surface area contributed by atoms with Crippen molar-refractivity contribution in [3.05, 3.63) is 52.1 Å². The minimum atomic E-state index is -0.905. The van der Waals surface area contributed by atoms with E-state index in [2.05, 4.69) is 9.97 Å². The zero-order valence-corrected chi connectivity index (χ0v) is 9.32. The Balaban J connectivity index is 2.36. The molecule has 0 N–H and O–H groups in total. The lowest BCUT2D eigenvalue weighted by Gasteiger charge is -2.05. The van der Waals surface area contributed by atoms with Gasteiger partial charge in [-0.3, -0.25) is 14.9 Å². The zero-order valence-electron chi connectivity index (χ0n) is 9.32. The fourth-order valence-corrected chi connectivity index (χ4v) is 1.27. The first-order valence-corrected chi connectivity index (χ1v) is 5.00. The molecule has 96 valence electrons. The predicted molar refractivity (Wildman–Crippen MR) is 60.5 cm³/mol. The average Bonchev–Trinajstić information content (AvgIpc) is 2.41. The van der Waals surface area contributed by atoms with Gasteiger partial charge in [0.1, 0.15) is 0 Å². The maximum absolute atomic E-state index is 13.5. The number of nitro benzene ring substituents is 1. The molecule has 7 nitrogen and oxygen atoms in total. The van der Waals surface area contributed by atoms with Crippen LogP contribution in [0.3, 0.4) is 0 Å². The molecule has 8 heteroatoms. The highest BCUT2D eigenvalue weighted by Gasteiger charge is 2.20. The third kappa shape index (κ3) is 2.68. The molecule has 0 amide bonds. The fourth-order valence-electron chi connectivity index (χ4n) is 1.27. The van der Waals surface area contributed by atoms with Gasteiger partial charge in [-0.1, -0.05) is 6.07 Å². The first kappa shape index (κ1) is 12.6. The molecule has 0 atom stereocenters. The quantitative estimate of drug-likeness (QED) is 0.476. The molecule has 1 heterocycles. The SMILES string of the molecule is O=Cc1cnc(Oc2c(F)cccc2[N+](=O)[O-])nc1. The molecule has 1 aromatic heterocycles. The maximum atomic E-state index is 13.5. The Bertz CT molecular complexity index is 630. The lowest BCUT2D eigenvalue weighted by molar-refractivity contribution is -0.385. The highest BCUT2D eigenvalue weighted by Crippen LogP contribution is 2.32. The fraction of sp³-hybridized carbons (Fsp3) is 0. The van der Waals surface area contributed by atoms with Gasteiger partial charge in [-0.05, 0) is 6.07 Å². The molecule has 0 radical (unpaired) electrons. The van der Waals surface area contributed by atoms with Crippen molar-refractivity contribution in [3.8, 4) is 11.8 Å². The van der Waals surface area contributed by atoms with Crippen molar-refractivity contribution < 1.29 is 18.8 Å². The minimum absolute atomic E-state index is 0.204. The highest BCUT2D eigenvalue weighted by molar-refractivity contribution is 5.73. The predicted octanol–water partition coefficient (Wildman–Crippen LogP) is 2.13. The van der Waals surface area contributed by atoms with Gasteiger partial charge in [-0.15, -0.1) is 0 Å². The van der Waals surface area contributed by atoms with E-state index in [-0.39, 0.29) is 11.6 Å². The van der Waals surface area contributed by atoms with Gasteiger partial charge in [0.2, 0.25) is 5.75 Å². The summed E-state index contributed by atoms with van der Waals surface area (Å²) in [6.07, 6.45) is 2.83. The van der Waals surface area contributed by atoms with Crippen molar-refractivity contribution in [1.82, 2.24) is 9.97 Å². The van der Waals surface area contributed by atoms with E-state index in [4.69, 9.17) is 4.74 Å². The average molecular weight is 263 g/mol. The Hall–Kier alpha value is -2.90. The van der Waals surface area contributed by atoms with Crippen molar-refractivity contribution in [2.24, 2.45) is 0 Å². The van der Waals surface area contributed by atoms with Crippen LogP contribution in [0.2, 0.25) is 0 Å². The zero-order chi connectivity index (χ0) is 13.8. The molecule has 0 saturated heterocycles. The summed E-state index contributed by atoms with van der Waals surface area (Å²) in [5, 5.41) is 10.7. The van der Waals surface area contributed by atoms with Gasteiger partial charge < -0.3 is 4.74 Å². The topological polar surface area (TPSA) is 95.2 Å². The minimum Gasteiger partial charge on any atom is -0.414 e. The van der Waals surface area contributed by atoms with Crippen molar-refractivity contribution in [1.29, 1.82) is 0 Å². The van der Waals surface area contributed by atoms with Gasteiger partial charge in [0.25, 0.3) is 0 Å². The number of benzene rings is 1. The van der Waals surface area contributed by atoms with Crippen LogP contribution in [0, 0.1) is 15.9 Å². The molecule has 0 aliphatic rings. The Kier molecular flexibility index (Phi) is 3.42. The highest BCUT2D eigenvalue weighted by atomic mass is 19.1. The first-order chi connectivity index (χ1) is 9.11. The normalized spacial score (nSPS) is 9.95. The largest absolute Gasteiger partial charge is 0.414 e. The van der Waals surface area contributed by atoms with Crippen LogP contribution in [0.15, 0.2) is 30.6 Å². The number of carbonyl (C=O) groups is 1. The standard InChI is InChI=1S/C11H6FN3O4/c12-8-2-1-3-9(15(17)18)10(8)19-11-13-4-7(6-16)5-14-11/h1-6H. The second kappa shape index (κ2) is 5.17. The molecule has 0 fully saturated rings. The van der Waals surface area contributed by atoms with Gasteiger partial charge in [0.05, 0.1) is 10.5 Å². The van der Waals surface area contributed by atoms with E-state index in [1.54, 1.807) is 0 Å². The molecule has 19 heavy (non-hydrogen) atoms. The van der Waals surface area contributed by atoms with Crippen LogP contribution >= 0.6 is 0 Å². The third-order valence-corrected chi connectivity index (χ3v) is 2.12. The Morgan fingerprint density at radius 3 is 2.58 bits per heavy atom. The van der Waals surface area contributed by atoms with Crippen molar-refractivity contribution in [3.63, 3.8) is 0 Å². The lowest BCUT2D eigenvalue weighted by atomic mass is 10.3. The van der Waals surface area contributed by atoms with Crippen LogP contribution < -0.4 is 4.74 Å². The molecule has 0 aliphatic carbocycles. The lowest BCUT2D eigenvalue weighted by Crippen LogP contribution is -1.99. The number of para-hydroxylation sites is 1.